The van der Waals surface area contributed by atoms with E-state index in [1.807, 2.05) is 30.3 Å². The number of rotatable bonds is 6. The van der Waals surface area contributed by atoms with Gasteiger partial charge in [-0.1, -0.05) is 0 Å². The van der Waals surface area contributed by atoms with Gasteiger partial charge in [0.05, 0.1) is 34.1 Å². The fourth-order valence-electron chi connectivity index (χ4n) is 4.34. The number of nitrogens with zero attached hydrogens (tertiary/aromatic N) is 6. The monoisotopic (exact) mass is 466 g/mol. The Morgan fingerprint density at radius 2 is 1.82 bits per heavy atom. The summed E-state index contributed by atoms with van der Waals surface area (Å²) in [5.41, 5.74) is 3.49. The number of hydrogen-bond donors (Lipinski definition) is 0. The van der Waals surface area contributed by atoms with E-state index in [2.05, 4.69) is 27.4 Å². The third-order valence-corrected chi connectivity index (χ3v) is 8.02. The zero-order valence-electron chi connectivity index (χ0n) is 19.4. The summed E-state index contributed by atoms with van der Waals surface area (Å²) in [4.78, 5) is 9.87. The first kappa shape index (κ1) is 23.2. The second-order valence-corrected chi connectivity index (χ2v) is 10.6. The molecule has 3 aromatic rings. The first-order valence-corrected chi connectivity index (χ1v) is 12.7. The van der Waals surface area contributed by atoms with E-state index in [1.54, 1.807) is 12.1 Å². The van der Waals surface area contributed by atoms with Gasteiger partial charge in [0, 0.05) is 52.5 Å². The van der Waals surface area contributed by atoms with Crippen molar-refractivity contribution in [2.24, 2.45) is 0 Å². The van der Waals surface area contributed by atoms with Gasteiger partial charge in [0.2, 0.25) is 10.0 Å². The lowest BCUT2D eigenvalue weighted by Gasteiger charge is -2.23. The Morgan fingerprint density at radius 3 is 2.48 bits per heavy atom. The molecule has 0 spiro atoms. The van der Waals surface area contributed by atoms with Crippen LogP contribution in [0.2, 0.25) is 0 Å². The van der Waals surface area contributed by atoms with Crippen LogP contribution in [0.4, 0.5) is 5.69 Å². The number of nitriles is 1. The number of hydrogen-bond acceptors (Lipinski definition) is 6. The van der Waals surface area contributed by atoms with E-state index in [-0.39, 0.29) is 4.90 Å². The minimum absolute atomic E-state index is 0.264. The highest BCUT2D eigenvalue weighted by Gasteiger charge is 2.21. The van der Waals surface area contributed by atoms with Gasteiger partial charge in [-0.15, -0.1) is 0 Å². The molecule has 33 heavy (non-hydrogen) atoms. The SMILES string of the molecule is CCn1c(CN2CCCN(c3ccc(C#N)cc3)CC2)nc2cc(S(=O)(=O)N(C)C)ccc21. The smallest absolute Gasteiger partial charge is 0.242 e. The highest BCUT2D eigenvalue weighted by molar-refractivity contribution is 7.89. The molecule has 0 aliphatic carbocycles. The van der Waals surface area contributed by atoms with Crippen molar-refractivity contribution in [2.75, 3.05) is 45.2 Å². The van der Waals surface area contributed by atoms with Crippen LogP contribution < -0.4 is 4.90 Å². The molecule has 2 heterocycles. The van der Waals surface area contributed by atoms with Crippen LogP contribution in [0.25, 0.3) is 11.0 Å². The molecule has 1 fully saturated rings. The standard InChI is InChI=1S/C24H30N6O2S/c1-4-30-23-11-10-21(33(31,32)27(2)3)16-22(23)26-24(30)18-28-12-5-13-29(15-14-28)20-8-6-19(17-25)7-9-20/h6-11,16H,4-5,12-15,18H2,1-3H3. The Kier molecular flexibility index (Phi) is 6.70. The van der Waals surface area contributed by atoms with Crippen LogP contribution in [0.5, 0.6) is 0 Å². The van der Waals surface area contributed by atoms with Crippen LogP contribution in [0.15, 0.2) is 47.4 Å². The molecule has 4 rings (SSSR count). The third kappa shape index (κ3) is 4.74. The maximum atomic E-state index is 12.5. The van der Waals surface area contributed by atoms with Gasteiger partial charge in [0.15, 0.2) is 0 Å². The quantitative estimate of drug-likeness (QED) is 0.555. The van der Waals surface area contributed by atoms with Gasteiger partial charge in [-0.05, 0) is 55.8 Å². The van der Waals surface area contributed by atoms with Crippen molar-refractivity contribution in [1.29, 1.82) is 5.26 Å². The molecule has 1 aromatic heterocycles. The lowest BCUT2D eigenvalue weighted by atomic mass is 10.2. The maximum Gasteiger partial charge on any atom is 0.242 e. The highest BCUT2D eigenvalue weighted by Crippen LogP contribution is 2.24. The zero-order chi connectivity index (χ0) is 23.6. The fraction of sp³-hybridized carbons (Fsp3) is 0.417. The van der Waals surface area contributed by atoms with Crippen molar-refractivity contribution in [3.63, 3.8) is 0 Å². The first-order valence-electron chi connectivity index (χ1n) is 11.2. The summed E-state index contributed by atoms with van der Waals surface area (Å²) in [5.74, 6) is 0.957. The van der Waals surface area contributed by atoms with E-state index in [9.17, 15) is 8.42 Å². The van der Waals surface area contributed by atoms with Crippen molar-refractivity contribution in [3.8, 4) is 6.07 Å². The molecule has 9 heteroatoms. The van der Waals surface area contributed by atoms with Gasteiger partial charge < -0.3 is 9.47 Å². The molecule has 1 saturated heterocycles. The van der Waals surface area contributed by atoms with E-state index >= 15 is 0 Å². The second-order valence-electron chi connectivity index (χ2n) is 8.49. The summed E-state index contributed by atoms with van der Waals surface area (Å²) < 4.78 is 28.5. The van der Waals surface area contributed by atoms with Crippen molar-refractivity contribution < 1.29 is 8.42 Å². The van der Waals surface area contributed by atoms with Crippen LogP contribution in [-0.2, 0) is 23.1 Å². The van der Waals surface area contributed by atoms with Crippen molar-refractivity contribution >= 4 is 26.7 Å². The van der Waals surface area contributed by atoms with Crippen LogP contribution >= 0.6 is 0 Å². The number of fused-ring (bicyclic) bond motifs is 1. The maximum absolute atomic E-state index is 12.5. The van der Waals surface area contributed by atoms with Crippen LogP contribution in [0, 0.1) is 11.3 Å². The molecule has 2 aromatic carbocycles. The lowest BCUT2D eigenvalue weighted by Crippen LogP contribution is -2.31. The van der Waals surface area contributed by atoms with E-state index in [4.69, 9.17) is 10.2 Å². The summed E-state index contributed by atoms with van der Waals surface area (Å²) in [6.45, 7) is 7.34. The molecule has 0 N–H and O–H groups in total. The fourth-order valence-corrected chi connectivity index (χ4v) is 5.26. The number of sulfonamides is 1. The van der Waals surface area contributed by atoms with Gasteiger partial charge >= 0.3 is 0 Å². The first-order chi connectivity index (χ1) is 15.8. The molecule has 174 valence electrons. The van der Waals surface area contributed by atoms with Gasteiger partial charge in [-0.3, -0.25) is 4.90 Å². The van der Waals surface area contributed by atoms with Crippen molar-refractivity contribution in [2.45, 2.75) is 31.3 Å². The van der Waals surface area contributed by atoms with E-state index in [1.165, 1.54) is 18.4 Å². The summed E-state index contributed by atoms with van der Waals surface area (Å²) in [6, 6.07) is 15.1. The Bertz CT molecular complexity index is 1270. The highest BCUT2D eigenvalue weighted by atomic mass is 32.2. The van der Waals surface area contributed by atoms with E-state index < -0.39 is 10.0 Å². The van der Waals surface area contributed by atoms with E-state index in [0.717, 1.165) is 62.7 Å². The Balaban J connectivity index is 1.52. The average Bonchev–Trinajstić information content (AvgIpc) is 2.99. The topological polar surface area (TPSA) is 85.5 Å². The zero-order valence-corrected chi connectivity index (χ0v) is 20.2. The molecule has 0 amide bonds. The molecule has 1 aliphatic rings. The predicted molar refractivity (Wildman–Crippen MR) is 130 cm³/mol. The Morgan fingerprint density at radius 1 is 1.06 bits per heavy atom. The summed E-state index contributed by atoms with van der Waals surface area (Å²) in [6.07, 6.45) is 1.04. The van der Waals surface area contributed by atoms with Gasteiger partial charge in [-0.2, -0.15) is 5.26 Å². The Hall–Kier alpha value is -2.93. The van der Waals surface area contributed by atoms with Gasteiger partial charge in [-0.25, -0.2) is 17.7 Å². The largest absolute Gasteiger partial charge is 0.370 e. The second kappa shape index (κ2) is 9.51. The molecule has 1 aliphatic heterocycles. The molecule has 0 unspecified atom stereocenters. The summed E-state index contributed by atoms with van der Waals surface area (Å²) in [7, 11) is -0.422. The minimum Gasteiger partial charge on any atom is -0.370 e. The van der Waals surface area contributed by atoms with Crippen LogP contribution in [0.1, 0.15) is 24.7 Å². The van der Waals surface area contributed by atoms with Gasteiger partial charge in [0.25, 0.3) is 0 Å². The lowest BCUT2D eigenvalue weighted by molar-refractivity contribution is 0.275. The normalized spacial score (nSPS) is 15.7. The number of imidazole rings is 1. The average molecular weight is 467 g/mol. The summed E-state index contributed by atoms with van der Waals surface area (Å²) in [5, 5.41) is 9.02. The van der Waals surface area contributed by atoms with Crippen LogP contribution in [0.3, 0.4) is 0 Å². The molecule has 0 bridgehead atoms. The number of benzene rings is 2. The molecular formula is C24H30N6O2S. The van der Waals surface area contributed by atoms with Crippen LogP contribution in [-0.4, -0.2) is 67.4 Å². The van der Waals surface area contributed by atoms with Gasteiger partial charge in [0.1, 0.15) is 5.82 Å². The molecule has 8 nitrogen and oxygen atoms in total. The van der Waals surface area contributed by atoms with E-state index in [0.29, 0.717) is 11.1 Å². The molecule has 0 atom stereocenters. The molecular weight excluding hydrogens is 436 g/mol. The van der Waals surface area contributed by atoms with Crippen molar-refractivity contribution in [3.05, 3.63) is 53.9 Å². The number of anilines is 1. The predicted octanol–water partition coefficient (Wildman–Crippen LogP) is 2.89. The number of aromatic nitrogens is 2. The van der Waals surface area contributed by atoms with Crippen molar-refractivity contribution in [1.82, 2.24) is 18.8 Å². The summed E-state index contributed by atoms with van der Waals surface area (Å²) >= 11 is 0. The third-order valence-electron chi connectivity index (χ3n) is 6.21. The Labute approximate surface area is 195 Å². The number of aryl methyl sites for hydroxylation is 1. The molecule has 0 radical (unpaired) electrons. The molecule has 0 saturated carbocycles. The minimum atomic E-state index is -3.50.